The molecule has 2 nitrogen and oxygen atoms in total. The second-order valence-electron chi connectivity index (χ2n) is 4.75. The van der Waals surface area contributed by atoms with Gasteiger partial charge >= 0.3 is 0 Å². The average Bonchev–Trinajstić information content (AvgIpc) is 2.32. The molecule has 0 fully saturated rings. The molecule has 0 saturated carbocycles. The molecule has 0 aliphatic rings. The van der Waals surface area contributed by atoms with Crippen molar-refractivity contribution in [3.8, 4) is 0 Å². The fraction of sp³-hybridized carbons (Fsp3) is 0.538. The van der Waals surface area contributed by atoms with Gasteiger partial charge in [0.25, 0.3) is 0 Å². The first-order valence-electron chi connectivity index (χ1n) is 6.00. The SMILES string of the molecule is CC(C)CSCC(Cc1ccc(F)c(Cl)c1)NN. The third-order valence-corrected chi connectivity index (χ3v) is 4.30. The van der Waals surface area contributed by atoms with Crippen LogP contribution in [0.1, 0.15) is 19.4 Å². The fourth-order valence-electron chi connectivity index (χ4n) is 1.56. The average molecular weight is 291 g/mol. The summed E-state index contributed by atoms with van der Waals surface area (Å²) >= 11 is 7.63. The molecule has 3 N–H and O–H groups in total. The number of nitrogens with one attached hydrogen (secondary N) is 1. The van der Waals surface area contributed by atoms with Crippen LogP contribution in [0.2, 0.25) is 5.02 Å². The molecule has 102 valence electrons. The number of hydrogen-bond acceptors (Lipinski definition) is 3. The van der Waals surface area contributed by atoms with Crippen LogP contribution in [0.15, 0.2) is 18.2 Å². The van der Waals surface area contributed by atoms with E-state index in [4.69, 9.17) is 17.4 Å². The van der Waals surface area contributed by atoms with Gasteiger partial charge in [0, 0.05) is 11.8 Å². The highest BCUT2D eigenvalue weighted by molar-refractivity contribution is 7.99. The largest absolute Gasteiger partial charge is 0.271 e. The highest BCUT2D eigenvalue weighted by Crippen LogP contribution is 2.18. The Kier molecular flexibility index (Phi) is 7.00. The fourth-order valence-corrected chi connectivity index (χ4v) is 2.87. The van der Waals surface area contributed by atoms with Crippen molar-refractivity contribution in [2.45, 2.75) is 26.3 Å². The van der Waals surface area contributed by atoms with E-state index in [-0.39, 0.29) is 16.9 Å². The van der Waals surface area contributed by atoms with E-state index < -0.39 is 0 Å². The molecule has 5 heteroatoms. The minimum absolute atomic E-state index is 0.165. The van der Waals surface area contributed by atoms with Crippen LogP contribution < -0.4 is 11.3 Å². The molecule has 18 heavy (non-hydrogen) atoms. The molecule has 0 radical (unpaired) electrons. The van der Waals surface area contributed by atoms with E-state index >= 15 is 0 Å². The van der Waals surface area contributed by atoms with Crippen molar-refractivity contribution in [2.24, 2.45) is 11.8 Å². The lowest BCUT2D eigenvalue weighted by atomic mass is 10.1. The van der Waals surface area contributed by atoms with E-state index in [2.05, 4.69) is 19.3 Å². The number of hydrogen-bond donors (Lipinski definition) is 2. The summed E-state index contributed by atoms with van der Waals surface area (Å²) in [6, 6.07) is 4.98. The molecule has 0 aliphatic heterocycles. The van der Waals surface area contributed by atoms with Crippen molar-refractivity contribution in [2.75, 3.05) is 11.5 Å². The quantitative estimate of drug-likeness (QED) is 0.598. The van der Waals surface area contributed by atoms with Crippen LogP contribution in [-0.2, 0) is 6.42 Å². The molecule has 1 aromatic rings. The maximum Gasteiger partial charge on any atom is 0.141 e. The van der Waals surface area contributed by atoms with Crippen LogP contribution in [0.5, 0.6) is 0 Å². The number of rotatable bonds is 7. The summed E-state index contributed by atoms with van der Waals surface area (Å²) in [6.45, 7) is 4.38. The molecule has 0 spiro atoms. The molecular formula is C13H20ClFN2S. The first-order valence-corrected chi connectivity index (χ1v) is 7.54. The maximum atomic E-state index is 13.0. The van der Waals surface area contributed by atoms with Crippen LogP contribution in [-0.4, -0.2) is 17.5 Å². The third kappa shape index (κ3) is 5.57. The Labute approximate surface area is 117 Å². The molecule has 0 amide bonds. The van der Waals surface area contributed by atoms with Gasteiger partial charge in [-0.1, -0.05) is 31.5 Å². The highest BCUT2D eigenvalue weighted by Gasteiger charge is 2.10. The van der Waals surface area contributed by atoms with Crippen molar-refractivity contribution in [3.05, 3.63) is 34.6 Å². The van der Waals surface area contributed by atoms with Gasteiger partial charge in [-0.2, -0.15) is 11.8 Å². The Hall–Kier alpha value is -0.290. The van der Waals surface area contributed by atoms with Crippen LogP contribution in [0.3, 0.4) is 0 Å². The lowest BCUT2D eigenvalue weighted by Gasteiger charge is -2.16. The monoisotopic (exact) mass is 290 g/mol. The van der Waals surface area contributed by atoms with Crippen LogP contribution >= 0.6 is 23.4 Å². The zero-order valence-electron chi connectivity index (χ0n) is 10.7. The number of nitrogens with two attached hydrogens (primary N) is 1. The summed E-state index contributed by atoms with van der Waals surface area (Å²) in [5, 5.41) is 0.165. The lowest BCUT2D eigenvalue weighted by molar-refractivity contribution is 0.573. The van der Waals surface area contributed by atoms with Gasteiger partial charge in [-0.05, 0) is 35.8 Å². The van der Waals surface area contributed by atoms with Gasteiger partial charge in [0.05, 0.1) is 5.02 Å². The predicted octanol–water partition coefficient (Wildman–Crippen LogP) is 3.24. The zero-order valence-corrected chi connectivity index (χ0v) is 12.3. The summed E-state index contributed by atoms with van der Waals surface area (Å²) < 4.78 is 13.0. The van der Waals surface area contributed by atoms with Crippen molar-refractivity contribution in [3.63, 3.8) is 0 Å². The molecule has 0 heterocycles. The van der Waals surface area contributed by atoms with Gasteiger partial charge < -0.3 is 0 Å². The van der Waals surface area contributed by atoms with Gasteiger partial charge in [0.1, 0.15) is 5.82 Å². The molecule has 1 unspecified atom stereocenters. The van der Waals surface area contributed by atoms with Crippen molar-refractivity contribution >= 4 is 23.4 Å². The number of halogens is 2. The second-order valence-corrected chi connectivity index (χ2v) is 6.23. The first kappa shape index (κ1) is 15.8. The van der Waals surface area contributed by atoms with Crippen molar-refractivity contribution in [1.29, 1.82) is 0 Å². The zero-order chi connectivity index (χ0) is 13.5. The third-order valence-electron chi connectivity index (χ3n) is 2.47. The van der Waals surface area contributed by atoms with E-state index in [0.717, 1.165) is 23.5 Å². The lowest BCUT2D eigenvalue weighted by Crippen LogP contribution is -2.38. The summed E-state index contributed by atoms with van der Waals surface area (Å²) in [4.78, 5) is 0. The summed E-state index contributed by atoms with van der Waals surface area (Å²) in [5.74, 6) is 7.87. The normalized spacial score (nSPS) is 13.0. The molecule has 0 saturated heterocycles. The standard InChI is InChI=1S/C13H20ClFN2S/c1-9(2)7-18-8-11(17-16)5-10-3-4-13(15)12(14)6-10/h3-4,6,9,11,17H,5,7-8,16H2,1-2H3. The van der Waals surface area contributed by atoms with Crippen LogP contribution in [0.25, 0.3) is 0 Å². The van der Waals surface area contributed by atoms with E-state index in [0.29, 0.717) is 5.92 Å². The molecule has 1 atom stereocenters. The molecule has 0 bridgehead atoms. The van der Waals surface area contributed by atoms with Crippen LogP contribution in [0.4, 0.5) is 4.39 Å². The Morgan fingerprint density at radius 3 is 2.67 bits per heavy atom. The van der Waals surface area contributed by atoms with E-state index in [9.17, 15) is 4.39 Å². The molecule has 1 rings (SSSR count). The smallest absolute Gasteiger partial charge is 0.141 e. The maximum absolute atomic E-state index is 13.0. The molecule has 1 aromatic carbocycles. The molecule has 0 aliphatic carbocycles. The minimum Gasteiger partial charge on any atom is -0.271 e. The van der Waals surface area contributed by atoms with E-state index in [1.807, 2.05) is 11.8 Å². The highest BCUT2D eigenvalue weighted by atomic mass is 35.5. The Morgan fingerprint density at radius 1 is 1.39 bits per heavy atom. The van der Waals surface area contributed by atoms with E-state index in [1.54, 1.807) is 12.1 Å². The summed E-state index contributed by atoms with van der Waals surface area (Å²) in [5.41, 5.74) is 3.80. The van der Waals surface area contributed by atoms with Crippen LogP contribution in [0, 0.1) is 11.7 Å². The minimum atomic E-state index is -0.383. The second kappa shape index (κ2) is 8.00. The number of benzene rings is 1. The summed E-state index contributed by atoms with van der Waals surface area (Å²) in [7, 11) is 0. The number of hydrazine groups is 1. The van der Waals surface area contributed by atoms with Gasteiger partial charge in [0.2, 0.25) is 0 Å². The van der Waals surface area contributed by atoms with Crippen molar-refractivity contribution in [1.82, 2.24) is 5.43 Å². The predicted molar refractivity (Wildman–Crippen MR) is 78.4 cm³/mol. The van der Waals surface area contributed by atoms with Gasteiger partial charge in [-0.25, -0.2) is 4.39 Å². The number of thioether (sulfide) groups is 1. The van der Waals surface area contributed by atoms with Crippen molar-refractivity contribution < 1.29 is 4.39 Å². The van der Waals surface area contributed by atoms with Gasteiger partial charge in [-0.3, -0.25) is 11.3 Å². The van der Waals surface area contributed by atoms with Gasteiger partial charge in [0.15, 0.2) is 0 Å². The Balaban J connectivity index is 2.49. The summed E-state index contributed by atoms with van der Waals surface area (Å²) in [6.07, 6.45) is 0.752. The Bertz CT molecular complexity index is 374. The molecule has 0 aromatic heterocycles. The topological polar surface area (TPSA) is 38.0 Å². The van der Waals surface area contributed by atoms with Gasteiger partial charge in [-0.15, -0.1) is 0 Å². The first-order chi connectivity index (χ1) is 8.52. The molecular weight excluding hydrogens is 271 g/mol. The Morgan fingerprint density at radius 2 is 2.11 bits per heavy atom. The van der Waals surface area contributed by atoms with E-state index in [1.165, 1.54) is 6.07 Å².